The highest BCUT2D eigenvalue weighted by molar-refractivity contribution is 6.88. The minimum Gasteiger partial charge on any atom is -0.462 e. The van der Waals surface area contributed by atoms with E-state index in [-0.39, 0.29) is 0 Å². The molecule has 20 heavy (non-hydrogen) atoms. The average Bonchev–Trinajstić information content (AvgIpc) is 2.76. The molecule has 0 saturated heterocycles. The number of para-hydroxylation sites is 1. The summed E-state index contributed by atoms with van der Waals surface area (Å²) in [4.78, 5) is 0. The van der Waals surface area contributed by atoms with Crippen LogP contribution < -0.4 is 4.74 Å². The normalized spacial score (nSPS) is 17.1. The molecule has 0 unspecified atom stereocenters. The zero-order valence-corrected chi connectivity index (χ0v) is 14.7. The molecule has 1 aromatic carbocycles. The van der Waals surface area contributed by atoms with Crippen molar-refractivity contribution in [3.63, 3.8) is 0 Å². The van der Waals surface area contributed by atoms with Crippen LogP contribution in [0.5, 0.6) is 5.75 Å². The van der Waals surface area contributed by atoms with Gasteiger partial charge in [0.1, 0.15) is 11.5 Å². The molecule has 0 spiro atoms. The van der Waals surface area contributed by atoms with Gasteiger partial charge in [-0.1, -0.05) is 65.4 Å². The molecule has 0 saturated carbocycles. The first kappa shape index (κ1) is 15.4. The first-order valence-electron chi connectivity index (χ1n) is 7.85. The fourth-order valence-electron chi connectivity index (χ4n) is 3.97. The Morgan fingerprint density at radius 2 is 1.50 bits per heavy atom. The number of allylic oxidation sites excluding steroid dienone is 1. The molecule has 1 heterocycles. The summed E-state index contributed by atoms with van der Waals surface area (Å²) < 4.78 is 6.11. The molecule has 0 fully saturated rings. The Bertz CT molecular complexity index is 451. The summed E-state index contributed by atoms with van der Waals surface area (Å²) in [6.07, 6.45) is 0.969. The van der Waals surface area contributed by atoms with E-state index in [2.05, 4.69) is 71.5 Å². The van der Waals surface area contributed by atoms with Gasteiger partial charge in [0.2, 0.25) is 0 Å². The van der Waals surface area contributed by atoms with Gasteiger partial charge in [-0.25, -0.2) is 0 Å². The number of ether oxygens (including phenoxy) is 1. The predicted molar refractivity (Wildman–Crippen MR) is 89.9 cm³/mol. The lowest BCUT2D eigenvalue weighted by Crippen LogP contribution is -2.43. The largest absolute Gasteiger partial charge is 0.462 e. The zero-order valence-electron chi connectivity index (χ0n) is 13.7. The van der Waals surface area contributed by atoms with Gasteiger partial charge in [0.05, 0.1) is 8.07 Å². The van der Waals surface area contributed by atoms with E-state index in [4.69, 9.17) is 4.74 Å². The maximum absolute atomic E-state index is 6.11. The van der Waals surface area contributed by atoms with Crippen LogP contribution in [-0.4, -0.2) is 8.07 Å². The Kier molecular flexibility index (Phi) is 4.43. The highest BCUT2D eigenvalue weighted by Gasteiger charge is 2.41. The van der Waals surface area contributed by atoms with Crippen molar-refractivity contribution in [2.45, 2.75) is 64.6 Å². The van der Waals surface area contributed by atoms with Crippen molar-refractivity contribution in [3.05, 3.63) is 41.3 Å². The second-order valence-electron chi connectivity index (χ2n) is 6.96. The maximum Gasteiger partial charge on any atom is 0.130 e. The van der Waals surface area contributed by atoms with Gasteiger partial charge in [-0.05, 0) is 22.7 Å². The molecule has 1 aliphatic rings. The van der Waals surface area contributed by atoms with E-state index in [1.165, 1.54) is 11.3 Å². The van der Waals surface area contributed by atoms with Crippen molar-refractivity contribution in [3.8, 4) is 5.75 Å². The van der Waals surface area contributed by atoms with Gasteiger partial charge in [-0.2, -0.15) is 0 Å². The lowest BCUT2D eigenvalue weighted by molar-refractivity contribution is 0.447. The topological polar surface area (TPSA) is 9.23 Å². The minimum atomic E-state index is -1.52. The molecule has 1 aromatic rings. The van der Waals surface area contributed by atoms with Crippen LogP contribution in [0.3, 0.4) is 0 Å². The quantitative estimate of drug-likeness (QED) is 0.643. The van der Waals surface area contributed by atoms with Crippen LogP contribution in [0.4, 0.5) is 0 Å². The van der Waals surface area contributed by atoms with E-state index in [0.29, 0.717) is 0 Å². The molecule has 0 bridgehead atoms. The number of fused-ring (bicyclic) bond motifs is 1. The first-order chi connectivity index (χ1) is 9.37. The molecule has 0 atom stereocenters. The molecule has 0 N–H and O–H groups in total. The smallest absolute Gasteiger partial charge is 0.130 e. The molecule has 110 valence electrons. The number of rotatable bonds is 4. The van der Waals surface area contributed by atoms with Crippen LogP contribution in [0.1, 0.15) is 47.1 Å². The predicted octanol–water partition coefficient (Wildman–Crippen LogP) is 5.72. The van der Waals surface area contributed by atoms with Crippen molar-refractivity contribution in [1.29, 1.82) is 0 Å². The molecular weight excluding hydrogens is 260 g/mol. The van der Waals surface area contributed by atoms with Gasteiger partial charge in [0.25, 0.3) is 0 Å². The van der Waals surface area contributed by atoms with Crippen LogP contribution in [0.25, 0.3) is 0 Å². The van der Waals surface area contributed by atoms with E-state index in [1.807, 2.05) is 0 Å². The first-order valence-corrected chi connectivity index (χ1v) is 10.2. The zero-order chi connectivity index (χ0) is 14.9. The number of hydrogen-bond acceptors (Lipinski definition) is 1. The van der Waals surface area contributed by atoms with E-state index in [1.54, 1.807) is 0 Å². The van der Waals surface area contributed by atoms with E-state index in [0.717, 1.165) is 28.8 Å². The molecule has 2 rings (SSSR count). The summed E-state index contributed by atoms with van der Waals surface area (Å²) >= 11 is 0. The van der Waals surface area contributed by atoms with Gasteiger partial charge in [-0.15, -0.1) is 0 Å². The molecule has 0 radical (unpaired) electrons. The van der Waals surface area contributed by atoms with Crippen LogP contribution >= 0.6 is 0 Å². The van der Waals surface area contributed by atoms with E-state index < -0.39 is 8.07 Å². The Hall–Kier alpha value is -1.02. The lowest BCUT2D eigenvalue weighted by Gasteiger charge is -2.40. The van der Waals surface area contributed by atoms with E-state index in [9.17, 15) is 0 Å². The summed E-state index contributed by atoms with van der Waals surface area (Å²) in [5.74, 6) is 2.24. The lowest BCUT2D eigenvalue weighted by atomic mass is 10.2. The Morgan fingerprint density at radius 3 is 2.00 bits per heavy atom. The third-order valence-electron chi connectivity index (χ3n) is 4.99. The average molecular weight is 289 g/mol. The number of hydrogen-bond donors (Lipinski definition) is 0. The van der Waals surface area contributed by atoms with Gasteiger partial charge < -0.3 is 4.74 Å². The fourth-order valence-corrected chi connectivity index (χ4v) is 9.69. The molecule has 1 nitrogen and oxygen atoms in total. The fraction of sp³-hybridized carbons (Fsp3) is 0.556. The Morgan fingerprint density at radius 1 is 0.950 bits per heavy atom. The van der Waals surface area contributed by atoms with Crippen LogP contribution in [0.2, 0.25) is 16.6 Å². The summed E-state index contributed by atoms with van der Waals surface area (Å²) in [5.41, 5.74) is 6.11. The summed E-state index contributed by atoms with van der Waals surface area (Å²) in [6, 6.07) is 8.42. The van der Waals surface area contributed by atoms with Crippen molar-refractivity contribution < 1.29 is 4.74 Å². The monoisotopic (exact) mass is 288 g/mol. The van der Waals surface area contributed by atoms with Crippen molar-refractivity contribution in [1.82, 2.24) is 0 Å². The minimum absolute atomic E-state index is 0.738. The van der Waals surface area contributed by atoms with Crippen molar-refractivity contribution >= 4 is 8.07 Å². The Balaban J connectivity index is 2.37. The second kappa shape index (κ2) is 5.77. The molecule has 0 amide bonds. The third kappa shape index (κ3) is 2.58. The highest BCUT2D eigenvalue weighted by Crippen LogP contribution is 2.44. The summed E-state index contributed by atoms with van der Waals surface area (Å²) in [5, 5.41) is 0. The molecule has 2 heteroatoms. The van der Waals surface area contributed by atoms with Crippen LogP contribution in [0, 0.1) is 0 Å². The van der Waals surface area contributed by atoms with Gasteiger partial charge in [-0.3, -0.25) is 0 Å². The molecule has 0 aromatic heterocycles. The second-order valence-corrected chi connectivity index (χ2v) is 12.7. The Labute approximate surface area is 125 Å². The number of benzene rings is 1. The maximum atomic E-state index is 6.11. The van der Waals surface area contributed by atoms with Gasteiger partial charge in [0.15, 0.2) is 0 Å². The molecule has 0 aliphatic carbocycles. The van der Waals surface area contributed by atoms with Crippen LogP contribution in [0.15, 0.2) is 35.7 Å². The molecular formula is C18H28OSi. The van der Waals surface area contributed by atoms with Crippen LogP contribution in [-0.2, 0) is 6.42 Å². The summed E-state index contributed by atoms with van der Waals surface area (Å²) in [7, 11) is -1.52. The SMILES string of the molecule is CC(C)[Si](/C=C1/Cc2ccccc2O1)(C(C)C)C(C)C. The van der Waals surface area contributed by atoms with Gasteiger partial charge >= 0.3 is 0 Å². The van der Waals surface area contributed by atoms with Crippen molar-refractivity contribution in [2.24, 2.45) is 0 Å². The van der Waals surface area contributed by atoms with Crippen molar-refractivity contribution in [2.75, 3.05) is 0 Å². The molecule has 1 aliphatic heterocycles. The standard InChI is InChI=1S/C18H28OSi/c1-13(2)20(14(3)4,15(5)6)12-17-11-16-9-7-8-10-18(16)19-17/h7-10,12-15H,11H2,1-6H3/b17-12-. The highest BCUT2D eigenvalue weighted by atomic mass is 28.3. The van der Waals surface area contributed by atoms with Gasteiger partial charge in [0, 0.05) is 12.0 Å². The summed E-state index contributed by atoms with van der Waals surface area (Å²) in [6.45, 7) is 14.4. The van der Waals surface area contributed by atoms with E-state index >= 15 is 0 Å². The third-order valence-corrected chi connectivity index (χ3v) is 11.8.